The fourth-order valence-electron chi connectivity index (χ4n) is 2.90. The molecule has 0 spiro atoms. The smallest absolute Gasteiger partial charge is 0.264 e. The lowest BCUT2D eigenvalue weighted by molar-refractivity contribution is -0.115. The van der Waals surface area contributed by atoms with Gasteiger partial charge in [-0.3, -0.25) is 4.79 Å². The van der Waals surface area contributed by atoms with Crippen LogP contribution in [0.5, 0.6) is 11.5 Å². The molecule has 0 bridgehead atoms. The molecule has 0 atom stereocenters. The summed E-state index contributed by atoms with van der Waals surface area (Å²) in [5.41, 5.74) is 3.94. The lowest BCUT2D eigenvalue weighted by Crippen LogP contribution is -2.19. The molecule has 0 saturated carbocycles. The Morgan fingerprint density at radius 2 is 1.82 bits per heavy atom. The molecule has 1 heterocycles. The Labute approximate surface area is 169 Å². The Hall–Kier alpha value is -2.73. The third kappa shape index (κ3) is 4.39. The van der Waals surface area contributed by atoms with E-state index in [0.29, 0.717) is 16.0 Å². The van der Waals surface area contributed by atoms with E-state index in [2.05, 4.69) is 30.2 Å². The van der Waals surface area contributed by atoms with Crippen LogP contribution in [0.3, 0.4) is 0 Å². The zero-order valence-electron chi connectivity index (χ0n) is 16.7. The number of nitrogens with one attached hydrogen (secondary N) is 1. The van der Waals surface area contributed by atoms with Crippen molar-refractivity contribution in [3.8, 4) is 11.5 Å². The monoisotopic (exact) mass is 396 g/mol. The minimum atomic E-state index is -0.140. The molecule has 1 fully saturated rings. The van der Waals surface area contributed by atoms with E-state index < -0.39 is 0 Å². The van der Waals surface area contributed by atoms with Gasteiger partial charge in [-0.1, -0.05) is 13.8 Å². The van der Waals surface area contributed by atoms with Crippen molar-refractivity contribution in [2.75, 3.05) is 14.2 Å². The number of thioether (sulfide) groups is 1. The molecule has 2 aromatic carbocycles. The number of nitrogens with zero attached hydrogens (tertiary/aromatic N) is 1. The summed E-state index contributed by atoms with van der Waals surface area (Å²) in [6.07, 6.45) is 1.91. The summed E-state index contributed by atoms with van der Waals surface area (Å²) < 4.78 is 10.7. The number of rotatable bonds is 5. The fraction of sp³-hybridized carbons (Fsp3) is 0.273. The molecule has 6 heteroatoms. The molecule has 0 unspecified atom stereocenters. The first-order chi connectivity index (χ1) is 13.4. The van der Waals surface area contributed by atoms with Crippen molar-refractivity contribution in [1.29, 1.82) is 0 Å². The number of hydrogen-bond acceptors (Lipinski definition) is 5. The third-order valence-electron chi connectivity index (χ3n) is 4.48. The Morgan fingerprint density at radius 1 is 1.11 bits per heavy atom. The van der Waals surface area contributed by atoms with Crippen LogP contribution in [-0.4, -0.2) is 25.3 Å². The number of carbonyl (C=O) groups excluding carboxylic acids is 1. The molecule has 5 nitrogen and oxygen atoms in total. The van der Waals surface area contributed by atoms with Gasteiger partial charge in [0.1, 0.15) is 11.5 Å². The molecule has 0 aliphatic carbocycles. The Kier molecular flexibility index (Phi) is 6.09. The van der Waals surface area contributed by atoms with Gasteiger partial charge in [0.05, 0.1) is 24.8 Å². The zero-order valence-corrected chi connectivity index (χ0v) is 17.5. The highest BCUT2D eigenvalue weighted by atomic mass is 32.2. The standard InChI is InChI=1S/C22H24N2O3S/c1-13(2)18-11-15(14(3)10-19(18)27-5)12-20-21(25)24-22(28-20)23-16-6-8-17(26-4)9-7-16/h6-13H,1-5H3,(H,23,24,25)/b20-12+. The molecule has 1 saturated heterocycles. The van der Waals surface area contributed by atoms with Crippen molar-refractivity contribution in [3.05, 3.63) is 58.0 Å². The average molecular weight is 397 g/mol. The number of carbonyl (C=O) groups is 1. The van der Waals surface area contributed by atoms with E-state index in [1.165, 1.54) is 11.8 Å². The first-order valence-corrected chi connectivity index (χ1v) is 9.85. The number of benzene rings is 2. The normalized spacial score (nSPS) is 16.7. The van der Waals surface area contributed by atoms with Crippen molar-refractivity contribution >= 4 is 34.6 Å². The highest BCUT2D eigenvalue weighted by Crippen LogP contribution is 2.33. The van der Waals surface area contributed by atoms with E-state index >= 15 is 0 Å². The minimum absolute atomic E-state index is 0.140. The van der Waals surface area contributed by atoms with E-state index in [-0.39, 0.29) is 5.91 Å². The number of hydrogen-bond donors (Lipinski definition) is 1. The molecular weight excluding hydrogens is 372 g/mol. The van der Waals surface area contributed by atoms with Crippen LogP contribution < -0.4 is 14.8 Å². The molecule has 1 N–H and O–H groups in total. The van der Waals surface area contributed by atoms with Crippen LogP contribution in [0, 0.1) is 6.92 Å². The third-order valence-corrected chi connectivity index (χ3v) is 5.39. The van der Waals surface area contributed by atoms with Crippen LogP contribution in [0.2, 0.25) is 0 Å². The molecule has 1 aliphatic heterocycles. The predicted molar refractivity (Wildman–Crippen MR) is 116 cm³/mol. The Balaban J connectivity index is 1.88. The van der Waals surface area contributed by atoms with Gasteiger partial charge in [-0.05, 0) is 83.8 Å². The average Bonchev–Trinajstić information content (AvgIpc) is 3.02. The van der Waals surface area contributed by atoms with Gasteiger partial charge in [0, 0.05) is 0 Å². The molecule has 0 aromatic heterocycles. The van der Waals surface area contributed by atoms with Gasteiger partial charge >= 0.3 is 0 Å². The maximum Gasteiger partial charge on any atom is 0.264 e. The van der Waals surface area contributed by atoms with Crippen LogP contribution in [0.15, 0.2) is 46.3 Å². The van der Waals surface area contributed by atoms with Crippen molar-refractivity contribution in [2.45, 2.75) is 26.7 Å². The van der Waals surface area contributed by atoms with E-state index in [1.807, 2.05) is 43.3 Å². The lowest BCUT2D eigenvalue weighted by Gasteiger charge is -2.14. The number of amidine groups is 1. The van der Waals surface area contributed by atoms with Crippen molar-refractivity contribution in [3.63, 3.8) is 0 Å². The molecule has 1 amide bonds. The van der Waals surface area contributed by atoms with Crippen LogP contribution in [0.25, 0.3) is 6.08 Å². The maximum absolute atomic E-state index is 12.4. The molecule has 1 aliphatic rings. The number of amides is 1. The number of methoxy groups -OCH3 is 2. The Bertz CT molecular complexity index is 947. The Morgan fingerprint density at radius 3 is 2.43 bits per heavy atom. The molecule has 0 radical (unpaired) electrons. The second-order valence-electron chi connectivity index (χ2n) is 6.79. The maximum atomic E-state index is 12.4. The molecule has 3 rings (SSSR count). The van der Waals surface area contributed by atoms with Gasteiger partial charge in [-0.2, -0.15) is 0 Å². The molecule has 2 aromatic rings. The van der Waals surface area contributed by atoms with E-state index in [1.54, 1.807) is 14.2 Å². The van der Waals surface area contributed by atoms with E-state index in [4.69, 9.17) is 9.47 Å². The van der Waals surface area contributed by atoms with Crippen LogP contribution in [0.1, 0.15) is 36.5 Å². The van der Waals surface area contributed by atoms with E-state index in [0.717, 1.165) is 33.9 Å². The summed E-state index contributed by atoms with van der Waals surface area (Å²) in [5.74, 6) is 1.83. The summed E-state index contributed by atoms with van der Waals surface area (Å²) in [5, 5.41) is 3.40. The predicted octanol–water partition coefficient (Wildman–Crippen LogP) is 5.03. The largest absolute Gasteiger partial charge is 0.497 e. The molecule has 28 heavy (non-hydrogen) atoms. The first kappa shape index (κ1) is 20.0. The summed E-state index contributed by atoms with van der Waals surface area (Å²) in [6.45, 7) is 6.27. The van der Waals surface area contributed by atoms with Crippen molar-refractivity contribution < 1.29 is 14.3 Å². The fourth-order valence-corrected chi connectivity index (χ4v) is 3.73. The van der Waals surface area contributed by atoms with Gasteiger partial charge in [0.15, 0.2) is 5.17 Å². The van der Waals surface area contributed by atoms with Crippen molar-refractivity contribution in [1.82, 2.24) is 5.32 Å². The van der Waals surface area contributed by atoms with E-state index in [9.17, 15) is 4.79 Å². The SMILES string of the molecule is COc1ccc(N=C2NC(=O)/C(=C\c3cc(C(C)C)c(OC)cc3C)S2)cc1. The van der Waals surface area contributed by atoms with Gasteiger partial charge in [0.2, 0.25) is 0 Å². The highest BCUT2D eigenvalue weighted by Gasteiger charge is 2.24. The first-order valence-electron chi connectivity index (χ1n) is 9.03. The second-order valence-corrected chi connectivity index (χ2v) is 7.82. The van der Waals surface area contributed by atoms with Crippen molar-refractivity contribution in [2.24, 2.45) is 4.99 Å². The molecular formula is C22H24N2O3S. The van der Waals surface area contributed by atoms with Gasteiger partial charge in [-0.25, -0.2) is 4.99 Å². The van der Waals surface area contributed by atoms with Gasteiger partial charge in [0.25, 0.3) is 5.91 Å². The summed E-state index contributed by atoms with van der Waals surface area (Å²) >= 11 is 1.34. The topological polar surface area (TPSA) is 59.9 Å². The molecule has 146 valence electrons. The van der Waals surface area contributed by atoms with Crippen LogP contribution in [0.4, 0.5) is 5.69 Å². The zero-order chi connectivity index (χ0) is 20.3. The second kappa shape index (κ2) is 8.52. The number of aliphatic imine (C=N–C) groups is 1. The number of ether oxygens (including phenoxy) is 2. The van der Waals surface area contributed by atoms with Gasteiger partial charge < -0.3 is 14.8 Å². The quantitative estimate of drug-likeness (QED) is 0.721. The summed E-state index contributed by atoms with van der Waals surface area (Å²) in [6, 6.07) is 11.5. The summed E-state index contributed by atoms with van der Waals surface area (Å²) in [7, 11) is 3.30. The summed E-state index contributed by atoms with van der Waals surface area (Å²) in [4.78, 5) is 17.5. The van der Waals surface area contributed by atoms with Gasteiger partial charge in [-0.15, -0.1) is 0 Å². The van der Waals surface area contributed by atoms with Crippen LogP contribution in [-0.2, 0) is 4.79 Å². The lowest BCUT2D eigenvalue weighted by atomic mass is 9.96. The minimum Gasteiger partial charge on any atom is -0.497 e. The highest BCUT2D eigenvalue weighted by molar-refractivity contribution is 8.18. The van der Waals surface area contributed by atoms with Crippen LogP contribution >= 0.6 is 11.8 Å². The number of aryl methyl sites for hydroxylation is 1.